The Morgan fingerprint density at radius 3 is 3.00 bits per heavy atom. The molecule has 1 aliphatic heterocycles. The molecule has 0 amide bonds. The number of nitrogens with zero attached hydrogens (tertiary/aromatic N) is 2. The van der Waals surface area contributed by atoms with Crippen molar-refractivity contribution in [1.29, 1.82) is 0 Å². The molecule has 5 nitrogen and oxygen atoms in total. The molecule has 0 saturated carbocycles. The molecular formula is C12H18N2O3S. The second-order valence-electron chi connectivity index (χ2n) is 4.72. The van der Waals surface area contributed by atoms with Crippen LogP contribution in [0.5, 0.6) is 0 Å². The van der Waals surface area contributed by atoms with Crippen LogP contribution in [-0.2, 0) is 16.1 Å². The molecule has 18 heavy (non-hydrogen) atoms. The van der Waals surface area contributed by atoms with Gasteiger partial charge < -0.3 is 9.84 Å². The van der Waals surface area contributed by atoms with Crippen molar-refractivity contribution in [3.05, 3.63) is 16.1 Å². The van der Waals surface area contributed by atoms with Crippen LogP contribution >= 0.6 is 11.3 Å². The van der Waals surface area contributed by atoms with Crippen LogP contribution in [0.3, 0.4) is 0 Å². The minimum absolute atomic E-state index is 0.0318. The van der Waals surface area contributed by atoms with Crippen LogP contribution in [0.1, 0.15) is 23.4 Å². The highest BCUT2D eigenvalue weighted by Gasteiger charge is 2.30. The van der Waals surface area contributed by atoms with Crippen molar-refractivity contribution in [3.8, 4) is 0 Å². The van der Waals surface area contributed by atoms with Gasteiger partial charge in [-0.15, -0.1) is 11.3 Å². The van der Waals surface area contributed by atoms with Gasteiger partial charge in [0.15, 0.2) is 6.10 Å². The Morgan fingerprint density at radius 1 is 1.67 bits per heavy atom. The number of aryl methyl sites for hydroxylation is 1. The van der Waals surface area contributed by atoms with E-state index in [-0.39, 0.29) is 6.10 Å². The normalized spacial score (nSPS) is 23.7. The first-order valence-corrected chi connectivity index (χ1v) is 6.90. The molecule has 2 unspecified atom stereocenters. The SMILES string of the molecule is Cc1ncsc1CN(C)CC1CCC(C(=O)O)O1. The number of ether oxygens (including phenoxy) is 1. The zero-order valence-electron chi connectivity index (χ0n) is 10.6. The van der Waals surface area contributed by atoms with Crippen molar-refractivity contribution < 1.29 is 14.6 Å². The van der Waals surface area contributed by atoms with E-state index in [0.29, 0.717) is 6.42 Å². The van der Waals surface area contributed by atoms with Crippen molar-refractivity contribution >= 4 is 17.3 Å². The Hall–Kier alpha value is -0.980. The smallest absolute Gasteiger partial charge is 0.332 e. The highest BCUT2D eigenvalue weighted by atomic mass is 32.1. The van der Waals surface area contributed by atoms with E-state index in [1.807, 2.05) is 19.5 Å². The first-order chi connectivity index (χ1) is 8.56. The van der Waals surface area contributed by atoms with E-state index in [2.05, 4.69) is 9.88 Å². The lowest BCUT2D eigenvalue weighted by Gasteiger charge is -2.20. The highest BCUT2D eigenvalue weighted by Crippen LogP contribution is 2.21. The van der Waals surface area contributed by atoms with Gasteiger partial charge in [0.25, 0.3) is 0 Å². The molecule has 0 aliphatic carbocycles. The van der Waals surface area contributed by atoms with Gasteiger partial charge in [0.1, 0.15) is 0 Å². The molecule has 1 N–H and O–H groups in total. The third-order valence-electron chi connectivity index (χ3n) is 3.16. The molecule has 6 heteroatoms. The Balaban J connectivity index is 1.80. The first-order valence-electron chi connectivity index (χ1n) is 6.02. The fourth-order valence-electron chi connectivity index (χ4n) is 2.16. The molecule has 0 spiro atoms. The molecule has 1 saturated heterocycles. The number of carbonyl (C=O) groups is 1. The van der Waals surface area contributed by atoms with E-state index < -0.39 is 12.1 Å². The number of aromatic nitrogens is 1. The number of carboxylic acids is 1. The van der Waals surface area contributed by atoms with Crippen molar-refractivity contribution in [2.75, 3.05) is 13.6 Å². The van der Waals surface area contributed by atoms with Gasteiger partial charge in [0.2, 0.25) is 0 Å². The van der Waals surface area contributed by atoms with Crippen molar-refractivity contribution in [2.24, 2.45) is 0 Å². The third kappa shape index (κ3) is 3.28. The maximum Gasteiger partial charge on any atom is 0.332 e. The Labute approximate surface area is 110 Å². The van der Waals surface area contributed by atoms with Gasteiger partial charge in [-0.1, -0.05) is 0 Å². The van der Waals surface area contributed by atoms with E-state index in [1.165, 1.54) is 4.88 Å². The summed E-state index contributed by atoms with van der Waals surface area (Å²) in [5.41, 5.74) is 2.92. The van der Waals surface area contributed by atoms with Crippen LogP contribution < -0.4 is 0 Å². The molecule has 0 aromatic carbocycles. The topological polar surface area (TPSA) is 62.7 Å². The van der Waals surface area contributed by atoms with Gasteiger partial charge in [-0.3, -0.25) is 4.90 Å². The maximum absolute atomic E-state index is 10.8. The molecule has 100 valence electrons. The van der Waals surface area contributed by atoms with E-state index in [0.717, 1.165) is 25.2 Å². The highest BCUT2D eigenvalue weighted by molar-refractivity contribution is 7.09. The number of aliphatic carboxylic acids is 1. The first kappa shape index (κ1) is 13.5. The summed E-state index contributed by atoms with van der Waals surface area (Å²) in [6.45, 7) is 3.61. The number of likely N-dealkylation sites (N-methyl/N-ethyl adjacent to an activating group) is 1. The number of hydrogen-bond acceptors (Lipinski definition) is 5. The fourth-order valence-corrected chi connectivity index (χ4v) is 3.01. The van der Waals surface area contributed by atoms with Crippen molar-refractivity contribution in [1.82, 2.24) is 9.88 Å². The molecular weight excluding hydrogens is 252 g/mol. The van der Waals surface area contributed by atoms with E-state index in [9.17, 15) is 4.79 Å². The van der Waals surface area contributed by atoms with Gasteiger partial charge in [-0.25, -0.2) is 9.78 Å². The Bertz CT molecular complexity index is 421. The maximum atomic E-state index is 10.8. The predicted molar refractivity (Wildman–Crippen MR) is 68.7 cm³/mol. The summed E-state index contributed by atoms with van der Waals surface area (Å²) in [5.74, 6) is -0.849. The molecule has 2 heterocycles. The second-order valence-corrected chi connectivity index (χ2v) is 5.66. The predicted octanol–water partition coefficient (Wildman–Crippen LogP) is 1.52. The Kier molecular flexibility index (Phi) is 4.31. The van der Waals surface area contributed by atoms with Gasteiger partial charge in [-0.2, -0.15) is 0 Å². The van der Waals surface area contributed by atoms with E-state index in [1.54, 1.807) is 11.3 Å². The quantitative estimate of drug-likeness (QED) is 0.879. The third-order valence-corrected chi connectivity index (χ3v) is 4.08. The fraction of sp³-hybridized carbons (Fsp3) is 0.667. The summed E-state index contributed by atoms with van der Waals surface area (Å²) >= 11 is 1.65. The molecule has 0 bridgehead atoms. The number of hydrogen-bond donors (Lipinski definition) is 1. The van der Waals surface area contributed by atoms with Crippen LogP contribution in [0.15, 0.2) is 5.51 Å². The Morgan fingerprint density at radius 2 is 2.44 bits per heavy atom. The van der Waals surface area contributed by atoms with Crippen LogP contribution in [0.25, 0.3) is 0 Å². The molecule has 1 aliphatic rings. The van der Waals surface area contributed by atoms with Crippen molar-refractivity contribution in [2.45, 2.75) is 38.5 Å². The van der Waals surface area contributed by atoms with E-state index >= 15 is 0 Å². The molecule has 2 atom stereocenters. The molecule has 1 aromatic rings. The summed E-state index contributed by atoms with van der Waals surface area (Å²) in [6.07, 6.45) is 0.856. The average molecular weight is 270 g/mol. The second kappa shape index (κ2) is 5.77. The molecule has 2 rings (SSSR count). The van der Waals surface area contributed by atoms with Crippen LogP contribution in [0.4, 0.5) is 0 Å². The zero-order valence-corrected chi connectivity index (χ0v) is 11.4. The van der Waals surface area contributed by atoms with Gasteiger partial charge in [0.05, 0.1) is 17.3 Å². The average Bonchev–Trinajstić information content (AvgIpc) is 2.89. The van der Waals surface area contributed by atoms with Crippen LogP contribution in [0.2, 0.25) is 0 Å². The van der Waals surface area contributed by atoms with Gasteiger partial charge >= 0.3 is 5.97 Å². The molecule has 1 fully saturated rings. The lowest BCUT2D eigenvalue weighted by Crippen LogP contribution is -2.30. The lowest BCUT2D eigenvalue weighted by molar-refractivity contribution is -0.149. The summed E-state index contributed by atoms with van der Waals surface area (Å²) in [4.78, 5) is 18.4. The van der Waals surface area contributed by atoms with E-state index in [4.69, 9.17) is 9.84 Å². The summed E-state index contributed by atoms with van der Waals surface area (Å²) in [7, 11) is 2.02. The molecule has 1 aromatic heterocycles. The van der Waals surface area contributed by atoms with Gasteiger partial charge in [0, 0.05) is 18.0 Å². The minimum atomic E-state index is -0.849. The standard InChI is InChI=1S/C12H18N2O3S/c1-8-11(18-7-13-8)6-14(2)5-9-3-4-10(17-9)12(15)16/h7,9-10H,3-6H2,1-2H3,(H,15,16). The number of rotatable bonds is 5. The summed E-state index contributed by atoms with van der Waals surface area (Å²) in [5, 5.41) is 8.86. The van der Waals surface area contributed by atoms with Crippen LogP contribution in [0, 0.1) is 6.92 Å². The molecule has 0 radical (unpaired) electrons. The lowest BCUT2D eigenvalue weighted by atomic mass is 10.2. The van der Waals surface area contributed by atoms with Gasteiger partial charge in [-0.05, 0) is 26.8 Å². The monoisotopic (exact) mass is 270 g/mol. The summed E-state index contributed by atoms with van der Waals surface area (Å²) in [6, 6.07) is 0. The minimum Gasteiger partial charge on any atom is -0.479 e. The van der Waals surface area contributed by atoms with Crippen LogP contribution in [-0.4, -0.2) is 46.8 Å². The number of thiazole rings is 1. The summed E-state index contributed by atoms with van der Waals surface area (Å²) < 4.78 is 5.49. The van der Waals surface area contributed by atoms with Crippen molar-refractivity contribution in [3.63, 3.8) is 0 Å². The number of carboxylic acid groups (broad SMARTS) is 1. The largest absolute Gasteiger partial charge is 0.479 e. The zero-order chi connectivity index (χ0) is 13.1.